The van der Waals surface area contributed by atoms with Gasteiger partial charge in [0.1, 0.15) is 0 Å². The normalized spacial score (nSPS) is 12.7. The van der Waals surface area contributed by atoms with Crippen molar-refractivity contribution in [3.63, 3.8) is 0 Å². The predicted octanol–water partition coefficient (Wildman–Crippen LogP) is 5.61. The van der Waals surface area contributed by atoms with Gasteiger partial charge in [-0.2, -0.15) is 0 Å². The highest BCUT2D eigenvalue weighted by atomic mass is 14.7. The highest BCUT2D eigenvalue weighted by molar-refractivity contribution is 5.78. The summed E-state index contributed by atoms with van der Waals surface area (Å²) < 4.78 is 0. The van der Waals surface area contributed by atoms with E-state index in [1.165, 1.54) is 23.1 Å². The van der Waals surface area contributed by atoms with E-state index in [4.69, 9.17) is 4.98 Å². The predicted molar refractivity (Wildman–Crippen MR) is 94.1 cm³/mol. The Morgan fingerprint density at radius 3 is 2.32 bits per heavy atom. The van der Waals surface area contributed by atoms with Crippen LogP contribution in [-0.4, -0.2) is 4.98 Å². The molecular weight excluding hydrogens is 266 g/mol. The summed E-state index contributed by atoms with van der Waals surface area (Å²) in [6.07, 6.45) is 2.20. The summed E-state index contributed by atoms with van der Waals surface area (Å²) in [5, 5.41) is 1.21. The summed E-state index contributed by atoms with van der Waals surface area (Å²) in [4.78, 5) is 4.85. The molecule has 1 nitrogen and oxygen atoms in total. The Morgan fingerprint density at radius 2 is 1.55 bits per heavy atom. The summed E-state index contributed by atoms with van der Waals surface area (Å²) in [7, 11) is 0. The van der Waals surface area contributed by atoms with E-state index < -0.39 is 0 Å². The summed E-state index contributed by atoms with van der Waals surface area (Å²) in [6.45, 7) is 4.59. The third kappa shape index (κ3) is 3.54. The SMILES string of the molecule is CC(C)C[C@H](Cc1ccc2ccccc2n1)c1ccccc1. The molecule has 1 heteroatoms. The zero-order valence-corrected chi connectivity index (χ0v) is 13.4. The topological polar surface area (TPSA) is 12.9 Å². The Morgan fingerprint density at radius 1 is 0.818 bits per heavy atom. The summed E-state index contributed by atoms with van der Waals surface area (Å²) in [6, 6.07) is 23.6. The standard InChI is InChI=1S/C21H23N/c1-16(2)14-19(17-8-4-3-5-9-17)15-20-13-12-18-10-6-7-11-21(18)22-20/h3-13,16,19H,14-15H2,1-2H3/t19-/m1/s1. The van der Waals surface area contributed by atoms with E-state index in [1.54, 1.807) is 0 Å². The van der Waals surface area contributed by atoms with E-state index in [0.717, 1.165) is 11.9 Å². The monoisotopic (exact) mass is 289 g/mol. The van der Waals surface area contributed by atoms with Crippen LogP contribution in [0.2, 0.25) is 0 Å². The van der Waals surface area contributed by atoms with Gasteiger partial charge in [0.2, 0.25) is 0 Å². The number of pyridine rings is 1. The van der Waals surface area contributed by atoms with Gasteiger partial charge < -0.3 is 0 Å². The zero-order valence-electron chi connectivity index (χ0n) is 13.4. The van der Waals surface area contributed by atoms with Gasteiger partial charge in [-0.3, -0.25) is 4.98 Å². The summed E-state index contributed by atoms with van der Waals surface area (Å²) in [5.74, 6) is 1.22. The first-order chi connectivity index (χ1) is 10.7. The molecule has 0 unspecified atom stereocenters. The van der Waals surface area contributed by atoms with Crippen LogP contribution < -0.4 is 0 Å². The van der Waals surface area contributed by atoms with Crippen molar-refractivity contribution in [2.45, 2.75) is 32.6 Å². The second-order valence-corrected chi connectivity index (χ2v) is 6.44. The van der Waals surface area contributed by atoms with E-state index in [9.17, 15) is 0 Å². The van der Waals surface area contributed by atoms with Gasteiger partial charge in [-0.1, -0.05) is 68.4 Å². The Labute approximate surface area is 133 Å². The van der Waals surface area contributed by atoms with Crippen LogP contribution in [0.15, 0.2) is 66.7 Å². The van der Waals surface area contributed by atoms with Crippen LogP contribution in [0, 0.1) is 5.92 Å². The van der Waals surface area contributed by atoms with Gasteiger partial charge >= 0.3 is 0 Å². The van der Waals surface area contributed by atoms with Gasteiger partial charge in [-0.05, 0) is 42.4 Å². The molecule has 0 spiro atoms. The number of para-hydroxylation sites is 1. The first kappa shape index (κ1) is 14.8. The molecule has 22 heavy (non-hydrogen) atoms. The number of nitrogens with zero attached hydrogens (tertiary/aromatic N) is 1. The minimum atomic E-state index is 0.537. The third-order valence-corrected chi connectivity index (χ3v) is 4.14. The molecule has 1 atom stereocenters. The number of fused-ring (bicyclic) bond motifs is 1. The number of hydrogen-bond acceptors (Lipinski definition) is 1. The molecule has 0 saturated carbocycles. The van der Waals surface area contributed by atoms with E-state index in [0.29, 0.717) is 11.8 Å². The molecule has 1 heterocycles. The largest absolute Gasteiger partial charge is 0.253 e. The minimum Gasteiger partial charge on any atom is -0.253 e. The lowest BCUT2D eigenvalue weighted by Crippen LogP contribution is -2.07. The van der Waals surface area contributed by atoms with Gasteiger partial charge in [0, 0.05) is 11.1 Å². The molecule has 0 radical (unpaired) electrons. The van der Waals surface area contributed by atoms with Crippen LogP contribution in [0.25, 0.3) is 10.9 Å². The van der Waals surface area contributed by atoms with Crippen LogP contribution in [-0.2, 0) is 6.42 Å². The molecule has 0 aliphatic rings. The number of benzene rings is 2. The number of aromatic nitrogens is 1. The molecule has 0 fully saturated rings. The molecule has 0 saturated heterocycles. The number of rotatable bonds is 5. The maximum atomic E-state index is 4.85. The molecule has 3 rings (SSSR count). The van der Waals surface area contributed by atoms with Crippen molar-refractivity contribution in [2.24, 2.45) is 5.92 Å². The lowest BCUT2D eigenvalue weighted by atomic mass is 9.86. The van der Waals surface area contributed by atoms with Crippen LogP contribution in [0.3, 0.4) is 0 Å². The van der Waals surface area contributed by atoms with Crippen molar-refractivity contribution in [3.8, 4) is 0 Å². The smallest absolute Gasteiger partial charge is 0.0705 e. The highest BCUT2D eigenvalue weighted by Gasteiger charge is 2.15. The van der Waals surface area contributed by atoms with Gasteiger partial charge in [0.05, 0.1) is 5.52 Å². The van der Waals surface area contributed by atoms with Gasteiger partial charge in [-0.15, -0.1) is 0 Å². The average molecular weight is 289 g/mol. The Kier molecular flexibility index (Phi) is 4.53. The molecule has 112 valence electrons. The summed E-state index contributed by atoms with van der Waals surface area (Å²) >= 11 is 0. The quantitative estimate of drug-likeness (QED) is 0.595. The highest BCUT2D eigenvalue weighted by Crippen LogP contribution is 2.27. The Balaban J connectivity index is 1.88. The van der Waals surface area contributed by atoms with Crippen molar-refractivity contribution < 1.29 is 0 Å². The summed E-state index contributed by atoms with van der Waals surface area (Å²) in [5.41, 5.74) is 3.70. The van der Waals surface area contributed by atoms with Crippen molar-refractivity contribution in [1.82, 2.24) is 4.98 Å². The molecule has 0 bridgehead atoms. The van der Waals surface area contributed by atoms with Crippen molar-refractivity contribution in [2.75, 3.05) is 0 Å². The Hall–Kier alpha value is -2.15. The second kappa shape index (κ2) is 6.74. The zero-order chi connectivity index (χ0) is 15.4. The van der Waals surface area contributed by atoms with Crippen LogP contribution in [0.4, 0.5) is 0 Å². The fourth-order valence-corrected chi connectivity index (χ4v) is 3.11. The van der Waals surface area contributed by atoms with Crippen LogP contribution in [0.5, 0.6) is 0 Å². The molecule has 0 aliphatic carbocycles. The van der Waals surface area contributed by atoms with Crippen molar-refractivity contribution in [1.29, 1.82) is 0 Å². The number of hydrogen-bond donors (Lipinski definition) is 0. The Bertz CT molecular complexity index is 731. The minimum absolute atomic E-state index is 0.537. The molecule has 1 aromatic heterocycles. The first-order valence-electron chi connectivity index (χ1n) is 8.12. The maximum Gasteiger partial charge on any atom is 0.0705 e. The van der Waals surface area contributed by atoms with Gasteiger partial charge in [0.15, 0.2) is 0 Å². The van der Waals surface area contributed by atoms with Crippen LogP contribution >= 0.6 is 0 Å². The fraction of sp³-hybridized carbons (Fsp3) is 0.286. The van der Waals surface area contributed by atoms with E-state index in [1.807, 2.05) is 0 Å². The van der Waals surface area contributed by atoms with Gasteiger partial charge in [-0.25, -0.2) is 0 Å². The van der Waals surface area contributed by atoms with E-state index >= 15 is 0 Å². The molecule has 0 N–H and O–H groups in total. The molecule has 2 aromatic carbocycles. The van der Waals surface area contributed by atoms with E-state index in [2.05, 4.69) is 80.6 Å². The van der Waals surface area contributed by atoms with Crippen molar-refractivity contribution in [3.05, 3.63) is 78.0 Å². The molecule has 0 amide bonds. The molecular formula is C21H23N. The van der Waals surface area contributed by atoms with E-state index in [-0.39, 0.29) is 0 Å². The van der Waals surface area contributed by atoms with Gasteiger partial charge in [0.25, 0.3) is 0 Å². The van der Waals surface area contributed by atoms with Crippen molar-refractivity contribution >= 4 is 10.9 Å². The first-order valence-corrected chi connectivity index (χ1v) is 8.12. The lowest BCUT2D eigenvalue weighted by molar-refractivity contribution is 0.494. The maximum absolute atomic E-state index is 4.85. The lowest BCUT2D eigenvalue weighted by Gasteiger charge is -2.19. The fourth-order valence-electron chi connectivity index (χ4n) is 3.11. The second-order valence-electron chi connectivity index (χ2n) is 6.44. The molecule has 3 aromatic rings. The third-order valence-electron chi connectivity index (χ3n) is 4.14. The van der Waals surface area contributed by atoms with Crippen LogP contribution in [0.1, 0.15) is 37.4 Å². The molecule has 0 aliphatic heterocycles. The average Bonchev–Trinajstić information content (AvgIpc) is 2.54.